The molecule has 0 aromatic heterocycles. The molecule has 0 heterocycles. The van der Waals surface area contributed by atoms with Gasteiger partial charge >= 0.3 is 6.18 Å². The second-order valence-electron chi connectivity index (χ2n) is 10.8. The maximum absolute atomic E-state index is 14.5. The van der Waals surface area contributed by atoms with Crippen molar-refractivity contribution < 1.29 is 22.3 Å². The van der Waals surface area contributed by atoms with E-state index < -0.39 is 17.6 Å². The van der Waals surface area contributed by atoms with Gasteiger partial charge in [0.15, 0.2) is 11.6 Å². The standard InChI is InChI=1S/C30H44F4O/c1-3-5-6-7-22-8-10-23(11-9-22)12-13-24-14-16-25(17-15-24)18-19-26-20-21-27(35-4-2)29(31)28(26)30(32,33)34/h12-13,20-25H,3-11,14-19H2,1-2H3/b13-12+. The normalized spacial score (nSPS) is 25.8. The van der Waals surface area contributed by atoms with E-state index in [1.54, 1.807) is 6.92 Å². The summed E-state index contributed by atoms with van der Waals surface area (Å²) in [5.74, 6) is 1.08. The van der Waals surface area contributed by atoms with Crippen LogP contribution in [-0.2, 0) is 12.6 Å². The summed E-state index contributed by atoms with van der Waals surface area (Å²) in [7, 11) is 0. The third-order valence-electron chi connectivity index (χ3n) is 8.25. The van der Waals surface area contributed by atoms with Gasteiger partial charge in [-0.3, -0.25) is 0 Å². The largest absolute Gasteiger partial charge is 0.491 e. The van der Waals surface area contributed by atoms with Gasteiger partial charge in [0.05, 0.1) is 12.2 Å². The molecule has 0 atom stereocenters. The van der Waals surface area contributed by atoms with E-state index in [0.29, 0.717) is 18.3 Å². The second-order valence-corrected chi connectivity index (χ2v) is 10.8. The van der Waals surface area contributed by atoms with Crippen molar-refractivity contribution in [3.63, 3.8) is 0 Å². The SMILES string of the molecule is CCCCCC1CCC(/C=C/C2CCC(CCc3ccc(OCC)c(F)c3C(F)(F)F)CC2)CC1. The molecule has 0 unspecified atom stereocenters. The minimum atomic E-state index is -4.72. The van der Waals surface area contributed by atoms with Crippen LogP contribution in [-0.4, -0.2) is 6.61 Å². The number of unbranched alkanes of at least 4 members (excludes halogenated alkanes) is 2. The minimum absolute atomic E-state index is 0.0470. The quantitative estimate of drug-likeness (QED) is 0.168. The predicted molar refractivity (Wildman–Crippen MR) is 135 cm³/mol. The maximum atomic E-state index is 14.5. The van der Waals surface area contributed by atoms with Crippen LogP contribution in [0.2, 0.25) is 0 Å². The molecule has 0 radical (unpaired) electrons. The molecule has 1 nitrogen and oxygen atoms in total. The first kappa shape index (κ1) is 28.1. The molecule has 0 aliphatic heterocycles. The van der Waals surface area contributed by atoms with Gasteiger partial charge < -0.3 is 4.74 Å². The first-order valence-corrected chi connectivity index (χ1v) is 14.0. The van der Waals surface area contributed by atoms with E-state index >= 15 is 0 Å². The van der Waals surface area contributed by atoms with Gasteiger partial charge in [0.25, 0.3) is 0 Å². The van der Waals surface area contributed by atoms with Crippen molar-refractivity contribution in [1.29, 1.82) is 0 Å². The molecule has 0 saturated heterocycles. The molecule has 1 aromatic carbocycles. The molecule has 3 rings (SSSR count). The monoisotopic (exact) mass is 496 g/mol. The fourth-order valence-electron chi connectivity index (χ4n) is 6.07. The molecule has 0 spiro atoms. The number of allylic oxidation sites excluding steroid dienone is 2. The van der Waals surface area contributed by atoms with Crippen molar-refractivity contribution in [3.05, 3.63) is 41.2 Å². The van der Waals surface area contributed by atoms with Crippen LogP contribution in [0.4, 0.5) is 17.6 Å². The molecule has 1 aromatic rings. The Hall–Kier alpha value is -1.52. The average molecular weight is 497 g/mol. The minimum Gasteiger partial charge on any atom is -0.491 e. The number of hydrogen-bond acceptors (Lipinski definition) is 1. The van der Waals surface area contributed by atoms with E-state index in [1.165, 1.54) is 63.5 Å². The van der Waals surface area contributed by atoms with Gasteiger partial charge in [0, 0.05) is 0 Å². The highest BCUT2D eigenvalue weighted by Crippen LogP contribution is 2.40. The van der Waals surface area contributed by atoms with Crippen molar-refractivity contribution in [3.8, 4) is 5.75 Å². The lowest BCUT2D eigenvalue weighted by atomic mass is 9.77. The Morgan fingerprint density at radius 2 is 1.40 bits per heavy atom. The lowest BCUT2D eigenvalue weighted by molar-refractivity contribution is -0.140. The molecule has 2 aliphatic rings. The van der Waals surface area contributed by atoms with E-state index in [2.05, 4.69) is 19.1 Å². The lowest BCUT2D eigenvalue weighted by Gasteiger charge is -2.29. The molecule has 2 aliphatic carbocycles. The summed E-state index contributed by atoms with van der Waals surface area (Å²) in [4.78, 5) is 0. The van der Waals surface area contributed by atoms with Crippen LogP contribution in [0.25, 0.3) is 0 Å². The Bertz CT molecular complexity index is 784. The molecule has 2 saturated carbocycles. The molecule has 0 bridgehead atoms. The van der Waals surface area contributed by atoms with Gasteiger partial charge in [-0.15, -0.1) is 0 Å². The van der Waals surface area contributed by atoms with E-state index in [-0.39, 0.29) is 24.3 Å². The van der Waals surface area contributed by atoms with E-state index in [0.717, 1.165) is 37.5 Å². The van der Waals surface area contributed by atoms with Crippen LogP contribution >= 0.6 is 0 Å². The fraction of sp³-hybridized carbons (Fsp3) is 0.733. The zero-order chi connectivity index (χ0) is 25.3. The number of alkyl halides is 3. The van der Waals surface area contributed by atoms with Crippen molar-refractivity contribution in [2.45, 2.75) is 110 Å². The summed E-state index contributed by atoms with van der Waals surface area (Å²) < 4.78 is 60.3. The predicted octanol–water partition coefficient (Wildman–Crippen LogP) is 9.93. The number of halogens is 4. The Labute approximate surface area is 209 Å². The van der Waals surface area contributed by atoms with Gasteiger partial charge in [-0.05, 0) is 106 Å². The molecule has 5 heteroatoms. The van der Waals surface area contributed by atoms with E-state index in [1.807, 2.05) is 0 Å². The van der Waals surface area contributed by atoms with E-state index in [9.17, 15) is 17.6 Å². The van der Waals surface area contributed by atoms with Crippen molar-refractivity contribution in [2.75, 3.05) is 6.61 Å². The Morgan fingerprint density at radius 3 is 1.91 bits per heavy atom. The summed E-state index contributed by atoms with van der Waals surface area (Å²) in [6, 6.07) is 2.73. The smallest absolute Gasteiger partial charge is 0.419 e. The molecular formula is C30H44F4O. The van der Waals surface area contributed by atoms with Crippen LogP contribution in [0.5, 0.6) is 5.75 Å². The van der Waals surface area contributed by atoms with Crippen LogP contribution in [0.3, 0.4) is 0 Å². The molecule has 198 valence electrons. The zero-order valence-corrected chi connectivity index (χ0v) is 21.6. The fourth-order valence-corrected chi connectivity index (χ4v) is 6.07. The summed E-state index contributed by atoms with van der Waals surface area (Å²) in [5.41, 5.74) is -1.11. The summed E-state index contributed by atoms with van der Waals surface area (Å²) >= 11 is 0. The van der Waals surface area contributed by atoms with Crippen molar-refractivity contribution >= 4 is 0 Å². The third-order valence-corrected chi connectivity index (χ3v) is 8.25. The Morgan fingerprint density at radius 1 is 0.829 bits per heavy atom. The number of ether oxygens (including phenoxy) is 1. The lowest BCUT2D eigenvalue weighted by Crippen LogP contribution is -2.17. The Kier molecular flexibility index (Phi) is 11.0. The summed E-state index contributed by atoms with van der Waals surface area (Å²) in [6.45, 7) is 4.03. The number of aryl methyl sites for hydroxylation is 1. The molecular weight excluding hydrogens is 452 g/mol. The number of hydrogen-bond donors (Lipinski definition) is 0. The van der Waals surface area contributed by atoms with Crippen LogP contribution < -0.4 is 4.74 Å². The highest BCUT2D eigenvalue weighted by Gasteiger charge is 2.38. The molecule has 0 amide bonds. The second kappa shape index (κ2) is 13.7. The molecule has 35 heavy (non-hydrogen) atoms. The Balaban J connectivity index is 1.43. The highest BCUT2D eigenvalue weighted by atomic mass is 19.4. The topological polar surface area (TPSA) is 9.23 Å². The van der Waals surface area contributed by atoms with Gasteiger partial charge in [0.1, 0.15) is 0 Å². The first-order chi connectivity index (χ1) is 16.8. The van der Waals surface area contributed by atoms with Gasteiger partial charge in [-0.2, -0.15) is 13.2 Å². The zero-order valence-electron chi connectivity index (χ0n) is 21.6. The third kappa shape index (κ3) is 8.53. The first-order valence-electron chi connectivity index (χ1n) is 14.0. The molecule has 2 fully saturated rings. The average Bonchev–Trinajstić information content (AvgIpc) is 2.84. The maximum Gasteiger partial charge on any atom is 0.419 e. The van der Waals surface area contributed by atoms with Crippen LogP contribution in [0.1, 0.15) is 108 Å². The van der Waals surface area contributed by atoms with Crippen molar-refractivity contribution in [2.24, 2.45) is 23.7 Å². The molecule has 0 N–H and O–H groups in total. The van der Waals surface area contributed by atoms with Gasteiger partial charge in [0.2, 0.25) is 0 Å². The van der Waals surface area contributed by atoms with E-state index in [4.69, 9.17) is 4.74 Å². The highest BCUT2D eigenvalue weighted by molar-refractivity contribution is 5.39. The number of rotatable bonds is 11. The van der Waals surface area contributed by atoms with Crippen LogP contribution in [0.15, 0.2) is 24.3 Å². The number of benzene rings is 1. The summed E-state index contributed by atoms with van der Waals surface area (Å²) in [5, 5.41) is 0. The summed E-state index contributed by atoms with van der Waals surface area (Å²) in [6.07, 6.45) is 16.3. The van der Waals surface area contributed by atoms with Crippen molar-refractivity contribution in [1.82, 2.24) is 0 Å². The van der Waals surface area contributed by atoms with Crippen LogP contribution in [0, 0.1) is 29.5 Å². The van der Waals surface area contributed by atoms with Gasteiger partial charge in [-0.25, -0.2) is 4.39 Å². The van der Waals surface area contributed by atoms with Gasteiger partial charge in [-0.1, -0.05) is 50.8 Å².